The molecule has 0 spiro atoms. The Hall–Kier alpha value is -2.17. The molecule has 0 radical (unpaired) electrons. The molecular formula is C19H25NO4. The predicted molar refractivity (Wildman–Crippen MR) is 90.6 cm³/mol. The summed E-state index contributed by atoms with van der Waals surface area (Å²) in [6, 6.07) is 9.20. The molecule has 1 aliphatic rings. The van der Waals surface area contributed by atoms with Crippen LogP contribution >= 0.6 is 0 Å². The van der Waals surface area contributed by atoms with Crippen molar-refractivity contribution in [2.45, 2.75) is 51.0 Å². The minimum Gasteiger partial charge on any atom is -0.469 e. The van der Waals surface area contributed by atoms with E-state index in [1.807, 2.05) is 18.2 Å². The molecule has 24 heavy (non-hydrogen) atoms. The highest BCUT2D eigenvalue weighted by Gasteiger charge is 2.27. The van der Waals surface area contributed by atoms with Crippen LogP contribution in [0.2, 0.25) is 0 Å². The Kier molecular flexibility index (Phi) is 6.97. The van der Waals surface area contributed by atoms with E-state index in [2.05, 4.69) is 4.74 Å². The molecule has 1 amide bonds. The molecule has 0 unspecified atom stereocenters. The maximum absolute atomic E-state index is 12.6. The Bertz CT molecular complexity index is 564. The molecule has 0 N–H and O–H groups in total. The SMILES string of the molecule is COC(=O)CCN(C(=O)CCC(=O)c1ccccc1)C1CCCC1. The van der Waals surface area contributed by atoms with Crippen LogP contribution in [0.4, 0.5) is 0 Å². The molecule has 0 atom stereocenters. The summed E-state index contributed by atoms with van der Waals surface area (Å²) in [4.78, 5) is 37.9. The Morgan fingerprint density at radius 2 is 1.71 bits per heavy atom. The third-order valence-electron chi connectivity index (χ3n) is 4.53. The van der Waals surface area contributed by atoms with Crippen molar-refractivity contribution >= 4 is 17.7 Å². The molecule has 1 saturated carbocycles. The van der Waals surface area contributed by atoms with E-state index in [-0.39, 0.29) is 43.0 Å². The first-order valence-corrected chi connectivity index (χ1v) is 8.56. The molecule has 0 aromatic heterocycles. The van der Waals surface area contributed by atoms with E-state index in [1.165, 1.54) is 7.11 Å². The zero-order valence-corrected chi connectivity index (χ0v) is 14.2. The Morgan fingerprint density at radius 3 is 2.33 bits per heavy atom. The molecular weight excluding hydrogens is 306 g/mol. The number of Topliss-reactive ketones (excluding diaryl/α,β-unsaturated/α-hetero) is 1. The van der Waals surface area contributed by atoms with Crippen LogP contribution in [0, 0.1) is 0 Å². The van der Waals surface area contributed by atoms with E-state index >= 15 is 0 Å². The summed E-state index contributed by atoms with van der Waals surface area (Å²) in [6.07, 6.45) is 4.74. The van der Waals surface area contributed by atoms with Gasteiger partial charge in [-0.25, -0.2) is 0 Å². The number of benzene rings is 1. The summed E-state index contributed by atoms with van der Waals surface area (Å²) in [5.41, 5.74) is 0.632. The fourth-order valence-corrected chi connectivity index (χ4v) is 3.17. The molecule has 0 saturated heterocycles. The average Bonchev–Trinajstić information content (AvgIpc) is 3.14. The van der Waals surface area contributed by atoms with E-state index in [1.54, 1.807) is 17.0 Å². The van der Waals surface area contributed by atoms with Gasteiger partial charge in [0.05, 0.1) is 13.5 Å². The van der Waals surface area contributed by atoms with Crippen molar-refractivity contribution in [1.82, 2.24) is 4.90 Å². The minimum absolute atomic E-state index is 0.0247. The van der Waals surface area contributed by atoms with E-state index in [0.717, 1.165) is 25.7 Å². The minimum atomic E-state index is -0.314. The van der Waals surface area contributed by atoms with Gasteiger partial charge in [0.25, 0.3) is 0 Å². The average molecular weight is 331 g/mol. The van der Waals surface area contributed by atoms with Gasteiger partial charge in [0, 0.05) is 31.0 Å². The molecule has 5 heteroatoms. The van der Waals surface area contributed by atoms with E-state index in [0.29, 0.717) is 12.1 Å². The molecule has 5 nitrogen and oxygen atoms in total. The van der Waals surface area contributed by atoms with Crippen LogP contribution in [0.1, 0.15) is 55.3 Å². The summed E-state index contributed by atoms with van der Waals surface area (Å²) in [5.74, 6) is -0.385. The number of methoxy groups -OCH3 is 1. The second-order valence-electron chi connectivity index (χ2n) is 6.14. The number of nitrogens with zero attached hydrogens (tertiary/aromatic N) is 1. The second kappa shape index (κ2) is 9.21. The smallest absolute Gasteiger partial charge is 0.307 e. The standard InChI is InChI=1S/C19H25NO4/c1-24-19(23)13-14-20(16-9-5-6-10-16)18(22)12-11-17(21)15-7-3-2-4-8-15/h2-4,7-8,16H,5-6,9-14H2,1H3. The number of ketones is 1. The lowest BCUT2D eigenvalue weighted by Crippen LogP contribution is -2.40. The van der Waals surface area contributed by atoms with Gasteiger partial charge < -0.3 is 9.64 Å². The fraction of sp³-hybridized carbons (Fsp3) is 0.526. The zero-order chi connectivity index (χ0) is 17.4. The van der Waals surface area contributed by atoms with Crippen molar-refractivity contribution in [1.29, 1.82) is 0 Å². The van der Waals surface area contributed by atoms with Crippen molar-refractivity contribution in [2.75, 3.05) is 13.7 Å². The van der Waals surface area contributed by atoms with E-state index in [4.69, 9.17) is 0 Å². The Labute approximate surface area is 143 Å². The van der Waals surface area contributed by atoms with Crippen molar-refractivity contribution in [3.05, 3.63) is 35.9 Å². The molecule has 1 aliphatic carbocycles. The molecule has 0 aliphatic heterocycles. The summed E-state index contributed by atoms with van der Waals surface area (Å²) in [6.45, 7) is 0.371. The second-order valence-corrected chi connectivity index (χ2v) is 6.14. The molecule has 1 aromatic rings. The van der Waals surface area contributed by atoms with Crippen LogP contribution in [-0.4, -0.2) is 42.3 Å². The monoisotopic (exact) mass is 331 g/mol. The fourth-order valence-electron chi connectivity index (χ4n) is 3.17. The number of hydrogen-bond donors (Lipinski definition) is 0. The highest BCUT2D eigenvalue weighted by atomic mass is 16.5. The molecule has 1 aromatic carbocycles. The van der Waals surface area contributed by atoms with Gasteiger partial charge in [0.1, 0.15) is 0 Å². The summed E-state index contributed by atoms with van der Waals surface area (Å²) in [7, 11) is 1.35. The van der Waals surface area contributed by atoms with Crippen LogP contribution in [0.3, 0.4) is 0 Å². The van der Waals surface area contributed by atoms with Crippen molar-refractivity contribution in [3.63, 3.8) is 0 Å². The lowest BCUT2D eigenvalue weighted by Gasteiger charge is -2.28. The maximum atomic E-state index is 12.6. The number of carbonyl (C=O) groups is 3. The van der Waals surface area contributed by atoms with Gasteiger partial charge in [-0.2, -0.15) is 0 Å². The topological polar surface area (TPSA) is 63.7 Å². The summed E-state index contributed by atoms with van der Waals surface area (Å²) in [5, 5.41) is 0. The first-order chi connectivity index (χ1) is 11.6. The molecule has 2 rings (SSSR count). The van der Waals surface area contributed by atoms with Crippen molar-refractivity contribution in [2.24, 2.45) is 0 Å². The van der Waals surface area contributed by atoms with Crippen molar-refractivity contribution < 1.29 is 19.1 Å². The quantitative estimate of drug-likeness (QED) is 0.543. The summed E-state index contributed by atoms with van der Waals surface area (Å²) < 4.78 is 4.67. The van der Waals surface area contributed by atoms with Crippen LogP contribution in [0.25, 0.3) is 0 Å². The lowest BCUT2D eigenvalue weighted by atomic mass is 10.1. The molecule has 1 fully saturated rings. The van der Waals surface area contributed by atoms with Gasteiger partial charge in [-0.05, 0) is 12.8 Å². The Morgan fingerprint density at radius 1 is 1.04 bits per heavy atom. The van der Waals surface area contributed by atoms with Crippen LogP contribution in [-0.2, 0) is 14.3 Å². The van der Waals surface area contributed by atoms with E-state index < -0.39 is 0 Å². The number of carbonyl (C=O) groups excluding carboxylic acids is 3. The first-order valence-electron chi connectivity index (χ1n) is 8.56. The van der Waals surface area contributed by atoms with Crippen LogP contribution < -0.4 is 0 Å². The Balaban J connectivity index is 1.91. The number of hydrogen-bond acceptors (Lipinski definition) is 4. The van der Waals surface area contributed by atoms with Crippen LogP contribution in [0.15, 0.2) is 30.3 Å². The lowest BCUT2D eigenvalue weighted by molar-refractivity contribution is -0.142. The predicted octanol–water partition coefficient (Wildman–Crippen LogP) is 2.98. The normalized spacial score (nSPS) is 14.4. The molecule has 0 heterocycles. The number of rotatable bonds is 8. The van der Waals surface area contributed by atoms with Gasteiger partial charge in [-0.3, -0.25) is 14.4 Å². The third-order valence-corrected chi connectivity index (χ3v) is 4.53. The maximum Gasteiger partial charge on any atom is 0.307 e. The number of ether oxygens (including phenoxy) is 1. The van der Waals surface area contributed by atoms with Gasteiger partial charge >= 0.3 is 5.97 Å². The van der Waals surface area contributed by atoms with Crippen molar-refractivity contribution in [3.8, 4) is 0 Å². The van der Waals surface area contributed by atoms with Crippen LogP contribution in [0.5, 0.6) is 0 Å². The largest absolute Gasteiger partial charge is 0.469 e. The summed E-state index contributed by atoms with van der Waals surface area (Å²) >= 11 is 0. The number of amides is 1. The van der Waals surface area contributed by atoms with Gasteiger partial charge in [0.15, 0.2) is 5.78 Å². The molecule has 0 bridgehead atoms. The highest BCUT2D eigenvalue weighted by Crippen LogP contribution is 2.24. The van der Waals surface area contributed by atoms with Gasteiger partial charge in [-0.1, -0.05) is 43.2 Å². The zero-order valence-electron chi connectivity index (χ0n) is 14.2. The van der Waals surface area contributed by atoms with Gasteiger partial charge in [0.2, 0.25) is 5.91 Å². The molecule has 130 valence electrons. The number of esters is 1. The first kappa shape index (κ1) is 18.2. The third kappa shape index (κ3) is 5.18. The highest BCUT2D eigenvalue weighted by molar-refractivity contribution is 5.97. The van der Waals surface area contributed by atoms with Gasteiger partial charge in [-0.15, -0.1) is 0 Å². The van der Waals surface area contributed by atoms with E-state index in [9.17, 15) is 14.4 Å².